The maximum absolute atomic E-state index is 12.5. The number of aryl methyl sites for hydroxylation is 2. The van der Waals surface area contributed by atoms with Crippen LogP contribution in [0.5, 0.6) is 0 Å². The Labute approximate surface area is 153 Å². The molecule has 8 heteroatoms. The molecule has 26 heavy (non-hydrogen) atoms. The Morgan fingerprint density at radius 2 is 2.19 bits per heavy atom. The van der Waals surface area contributed by atoms with Gasteiger partial charge in [-0.15, -0.1) is 0 Å². The van der Waals surface area contributed by atoms with Crippen molar-refractivity contribution in [3.63, 3.8) is 0 Å². The van der Waals surface area contributed by atoms with Gasteiger partial charge in [0.15, 0.2) is 0 Å². The van der Waals surface area contributed by atoms with Crippen LogP contribution >= 0.6 is 0 Å². The molecule has 1 fully saturated rings. The Balaban J connectivity index is 1.73. The van der Waals surface area contributed by atoms with E-state index in [1.165, 1.54) is 0 Å². The van der Waals surface area contributed by atoms with Crippen LogP contribution in [-0.4, -0.2) is 45.9 Å². The first-order chi connectivity index (χ1) is 12.4. The highest BCUT2D eigenvalue weighted by Gasteiger charge is 2.37. The highest BCUT2D eigenvalue weighted by atomic mass is 16.3. The summed E-state index contributed by atoms with van der Waals surface area (Å²) in [4.78, 5) is 23.0. The van der Waals surface area contributed by atoms with Crippen molar-refractivity contribution >= 4 is 17.7 Å². The van der Waals surface area contributed by atoms with Crippen molar-refractivity contribution in [2.75, 3.05) is 24.1 Å². The number of likely N-dealkylation sites (tertiary alicyclic amines) is 1. The molecule has 0 spiro atoms. The van der Waals surface area contributed by atoms with Crippen molar-refractivity contribution in [1.29, 1.82) is 0 Å². The fourth-order valence-electron chi connectivity index (χ4n) is 3.39. The number of likely N-dealkylation sites (N-methyl/N-ethyl adjacent to an activating group) is 1. The molecular formula is C18H26N6O2. The normalized spacial score (nSPS) is 20.3. The highest BCUT2D eigenvalue weighted by molar-refractivity contribution is 5.82. The molecule has 2 aromatic rings. The lowest BCUT2D eigenvalue weighted by Crippen LogP contribution is -2.42. The summed E-state index contributed by atoms with van der Waals surface area (Å²) in [5.74, 6) is 2.70. The Morgan fingerprint density at radius 1 is 1.38 bits per heavy atom. The van der Waals surface area contributed by atoms with Gasteiger partial charge in [0.05, 0.1) is 12.6 Å². The summed E-state index contributed by atoms with van der Waals surface area (Å²) >= 11 is 0. The molecule has 1 saturated heterocycles. The van der Waals surface area contributed by atoms with Crippen LogP contribution in [0.3, 0.4) is 0 Å². The van der Waals surface area contributed by atoms with Gasteiger partial charge in [-0.25, -0.2) is 4.98 Å². The molecule has 0 bridgehead atoms. The zero-order valence-electron chi connectivity index (χ0n) is 15.5. The van der Waals surface area contributed by atoms with Gasteiger partial charge in [-0.05, 0) is 39.3 Å². The van der Waals surface area contributed by atoms with Crippen LogP contribution in [0, 0.1) is 13.8 Å². The number of hydrogen-bond donors (Lipinski definition) is 3. The standard InChI is InChI=1S/C18H26N6O2/c1-4-20-17(25)15-8-13(22-16-7-11(2)21-18(19)23-16)9-24(15)10-14-6-5-12(3)26-14/h5-7,13,15H,4,8-10H2,1-3H3,(H,20,25)(H3,19,21,22,23)/t13-,15-/m0/s1. The SMILES string of the molecule is CCNC(=O)[C@@H]1C[C@H](Nc2cc(C)nc(N)n2)CN1Cc1ccc(C)o1. The van der Waals surface area contributed by atoms with Crippen molar-refractivity contribution < 1.29 is 9.21 Å². The number of amides is 1. The third kappa shape index (κ3) is 4.32. The fraction of sp³-hybridized carbons (Fsp3) is 0.500. The van der Waals surface area contributed by atoms with Crippen molar-refractivity contribution in [1.82, 2.24) is 20.2 Å². The minimum atomic E-state index is -0.210. The molecule has 0 aromatic carbocycles. The largest absolute Gasteiger partial charge is 0.465 e. The molecule has 0 saturated carbocycles. The number of nitrogens with zero attached hydrogens (tertiary/aromatic N) is 3. The minimum Gasteiger partial charge on any atom is -0.465 e. The van der Waals surface area contributed by atoms with E-state index < -0.39 is 0 Å². The molecule has 1 aliphatic heterocycles. The number of aromatic nitrogens is 2. The van der Waals surface area contributed by atoms with Crippen LogP contribution in [0.1, 0.15) is 30.6 Å². The Kier molecular flexibility index (Phi) is 5.41. The molecule has 0 unspecified atom stereocenters. The van der Waals surface area contributed by atoms with E-state index in [1.54, 1.807) is 0 Å². The number of carbonyl (C=O) groups is 1. The number of nitrogens with one attached hydrogen (secondary N) is 2. The van der Waals surface area contributed by atoms with E-state index in [0.717, 1.165) is 17.2 Å². The minimum absolute atomic E-state index is 0.0402. The molecule has 1 aliphatic rings. The topological polar surface area (TPSA) is 109 Å². The number of carbonyl (C=O) groups excluding carboxylic acids is 1. The van der Waals surface area contributed by atoms with Gasteiger partial charge in [0, 0.05) is 30.9 Å². The van der Waals surface area contributed by atoms with Gasteiger partial charge >= 0.3 is 0 Å². The summed E-state index contributed by atoms with van der Waals surface area (Å²) in [6.07, 6.45) is 0.689. The summed E-state index contributed by atoms with van der Waals surface area (Å²) in [6.45, 7) is 7.64. The second kappa shape index (κ2) is 7.74. The molecule has 3 rings (SSSR count). The Bertz CT molecular complexity index is 755. The van der Waals surface area contributed by atoms with E-state index in [-0.39, 0.29) is 23.9 Å². The summed E-state index contributed by atoms with van der Waals surface area (Å²) in [5.41, 5.74) is 6.54. The molecule has 4 N–H and O–H groups in total. The van der Waals surface area contributed by atoms with Crippen LogP contribution in [-0.2, 0) is 11.3 Å². The molecule has 2 aromatic heterocycles. The van der Waals surface area contributed by atoms with E-state index in [2.05, 4.69) is 25.5 Å². The maximum atomic E-state index is 12.5. The molecule has 1 amide bonds. The first kappa shape index (κ1) is 18.2. The lowest BCUT2D eigenvalue weighted by molar-refractivity contribution is -0.125. The van der Waals surface area contributed by atoms with Gasteiger partial charge in [-0.2, -0.15) is 4.98 Å². The van der Waals surface area contributed by atoms with Crippen LogP contribution in [0.2, 0.25) is 0 Å². The van der Waals surface area contributed by atoms with E-state index in [4.69, 9.17) is 10.2 Å². The van der Waals surface area contributed by atoms with Crippen molar-refractivity contribution in [2.45, 2.75) is 45.8 Å². The molecule has 3 heterocycles. The van der Waals surface area contributed by atoms with Crippen molar-refractivity contribution in [2.24, 2.45) is 0 Å². The van der Waals surface area contributed by atoms with Crippen molar-refractivity contribution in [3.8, 4) is 0 Å². The fourth-order valence-corrected chi connectivity index (χ4v) is 3.39. The highest BCUT2D eigenvalue weighted by Crippen LogP contribution is 2.24. The summed E-state index contributed by atoms with van der Waals surface area (Å²) in [6, 6.07) is 5.63. The molecule has 0 aliphatic carbocycles. The number of rotatable bonds is 6. The number of hydrogen-bond acceptors (Lipinski definition) is 7. The Morgan fingerprint density at radius 3 is 2.85 bits per heavy atom. The zero-order chi connectivity index (χ0) is 18.7. The van der Waals surface area contributed by atoms with Gasteiger partial charge in [-0.1, -0.05) is 0 Å². The lowest BCUT2D eigenvalue weighted by atomic mass is 10.1. The zero-order valence-corrected chi connectivity index (χ0v) is 15.5. The maximum Gasteiger partial charge on any atom is 0.237 e. The third-order valence-electron chi connectivity index (χ3n) is 4.44. The van der Waals surface area contributed by atoms with Crippen LogP contribution in [0.25, 0.3) is 0 Å². The quantitative estimate of drug-likeness (QED) is 0.717. The van der Waals surface area contributed by atoms with E-state index in [1.807, 2.05) is 39.0 Å². The third-order valence-corrected chi connectivity index (χ3v) is 4.44. The van der Waals surface area contributed by atoms with E-state index >= 15 is 0 Å². The first-order valence-electron chi connectivity index (χ1n) is 8.89. The number of anilines is 2. The molecule has 2 atom stereocenters. The van der Waals surface area contributed by atoms with Crippen LogP contribution in [0.15, 0.2) is 22.6 Å². The predicted molar refractivity (Wildman–Crippen MR) is 99.5 cm³/mol. The van der Waals surface area contributed by atoms with E-state index in [9.17, 15) is 4.79 Å². The van der Waals surface area contributed by atoms with Gasteiger partial charge in [-0.3, -0.25) is 9.69 Å². The first-order valence-corrected chi connectivity index (χ1v) is 8.89. The second-order valence-electron chi connectivity index (χ2n) is 6.68. The predicted octanol–water partition coefficient (Wildman–Crippen LogP) is 1.46. The van der Waals surface area contributed by atoms with Crippen LogP contribution < -0.4 is 16.4 Å². The average Bonchev–Trinajstić information content (AvgIpc) is 3.13. The molecule has 140 valence electrons. The summed E-state index contributed by atoms with van der Waals surface area (Å²) in [5, 5.41) is 6.31. The molecular weight excluding hydrogens is 332 g/mol. The second-order valence-corrected chi connectivity index (χ2v) is 6.68. The van der Waals surface area contributed by atoms with Crippen molar-refractivity contribution in [3.05, 3.63) is 35.4 Å². The monoisotopic (exact) mass is 358 g/mol. The molecule has 8 nitrogen and oxygen atoms in total. The smallest absolute Gasteiger partial charge is 0.237 e. The van der Waals surface area contributed by atoms with E-state index in [0.29, 0.717) is 31.9 Å². The molecule has 0 radical (unpaired) electrons. The van der Waals surface area contributed by atoms with Gasteiger partial charge in [0.1, 0.15) is 17.3 Å². The average molecular weight is 358 g/mol. The van der Waals surface area contributed by atoms with Crippen LogP contribution in [0.4, 0.5) is 11.8 Å². The van der Waals surface area contributed by atoms with Gasteiger partial charge < -0.3 is 20.8 Å². The Hall–Kier alpha value is -2.61. The van der Waals surface area contributed by atoms with Gasteiger partial charge in [0.25, 0.3) is 0 Å². The number of nitrogen functional groups attached to an aromatic ring is 1. The summed E-state index contributed by atoms with van der Waals surface area (Å²) in [7, 11) is 0. The summed E-state index contributed by atoms with van der Waals surface area (Å²) < 4.78 is 5.69. The number of nitrogens with two attached hydrogens (primary N) is 1. The van der Waals surface area contributed by atoms with Gasteiger partial charge in [0.2, 0.25) is 11.9 Å². The lowest BCUT2D eigenvalue weighted by Gasteiger charge is -2.22. The number of furan rings is 1.